The zero-order valence-electron chi connectivity index (χ0n) is 10.6. The summed E-state index contributed by atoms with van der Waals surface area (Å²) in [5.41, 5.74) is 3.13. The van der Waals surface area contributed by atoms with Crippen molar-refractivity contribution < 1.29 is 13.2 Å². The highest BCUT2D eigenvalue weighted by molar-refractivity contribution is 7.89. The minimum absolute atomic E-state index is 0.245. The zero-order chi connectivity index (χ0) is 13.7. The highest BCUT2D eigenvalue weighted by Gasteiger charge is 2.18. The zero-order valence-corrected chi connectivity index (χ0v) is 11.4. The van der Waals surface area contributed by atoms with Crippen molar-refractivity contribution >= 4 is 15.7 Å². The van der Waals surface area contributed by atoms with Gasteiger partial charge in [-0.15, -0.1) is 0 Å². The third-order valence-electron chi connectivity index (χ3n) is 3.20. The summed E-state index contributed by atoms with van der Waals surface area (Å²) in [7, 11) is -3.44. The number of sulfonamides is 1. The number of hydrogen-bond acceptors (Lipinski definition) is 5. The van der Waals surface area contributed by atoms with Crippen molar-refractivity contribution in [3.63, 3.8) is 0 Å². The number of nitrogens with one attached hydrogen (secondary N) is 2. The molecule has 1 aromatic carbocycles. The summed E-state index contributed by atoms with van der Waals surface area (Å²) in [6, 6.07) is 6.30. The quantitative estimate of drug-likeness (QED) is 0.528. The third-order valence-corrected chi connectivity index (χ3v) is 4.68. The van der Waals surface area contributed by atoms with E-state index in [-0.39, 0.29) is 4.90 Å². The monoisotopic (exact) mass is 285 g/mol. The van der Waals surface area contributed by atoms with Crippen LogP contribution in [0.25, 0.3) is 0 Å². The van der Waals surface area contributed by atoms with Crippen LogP contribution >= 0.6 is 0 Å². The first-order valence-corrected chi connectivity index (χ1v) is 7.74. The lowest BCUT2D eigenvalue weighted by atomic mass is 10.1. The first-order valence-electron chi connectivity index (χ1n) is 6.26. The van der Waals surface area contributed by atoms with E-state index in [1.54, 1.807) is 12.1 Å². The summed E-state index contributed by atoms with van der Waals surface area (Å²) in [6.45, 7) is 1.96. The van der Waals surface area contributed by atoms with E-state index in [2.05, 4.69) is 10.1 Å². The first kappa shape index (κ1) is 14.3. The molecule has 1 atom stereocenters. The Morgan fingerprint density at radius 3 is 2.63 bits per heavy atom. The number of nitrogen functional groups attached to an aromatic ring is 1. The molecular formula is C12H19N3O3S. The number of benzene rings is 1. The lowest BCUT2D eigenvalue weighted by molar-refractivity contribution is 0.184. The summed E-state index contributed by atoms with van der Waals surface area (Å²) >= 11 is 0. The SMILES string of the molecule is NNc1ccc(S(=O)(=O)NCCC2CCOC2)cc1. The van der Waals surface area contributed by atoms with Gasteiger partial charge in [-0.1, -0.05) is 0 Å². The van der Waals surface area contributed by atoms with Crippen molar-refractivity contribution in [3.8, 4) is 0 Å². The van der Waals surface area contributed by atoms with Crippen LogP contribution in [0, 0.1) is 5.92 Å². The molecule has 19 heavy (non-hydrogen) atoms. The minimum atomic E-state index is -3.44. The predicted octanol–water partition coefficient (Wildman–Crippen LogP) is 0.677. The summed E-state index contributed by atoms with van der Waals surface area (Å²) in [6.07, 6.45) is 1.82. The molecule has 1 fully saturated rings. The molecule has 0 spiro atoms. The molecule has 1 aromatic rings. The predicted molar refractivity (Wildman–Crippen MR) is 73.0 cm³/mol. The van der Waals surface area contributed by atoms with E-state index in [1.165, 1.54) is 12.1 Å². The molecular weight excluding hydrogens is 266 g/mol. The second kappa shape index (κ2) is 6.33. The first-order chi connectivity index (χ1) is 9.12. The molecule has 1 saturated heterocycles. The van der Waals surface area contributed by atoms with Crippen LogP contribution in [0.4, 0.5) is 5.69 Å². The van der Waals surface area contributed by atoms with Crippen LogP contribution in [0.1, 0.15) is 12.8 Å². The van der Waals surface area contributed by atoms with Gasteiger partial charge in [-0.05, 0) is 43.0 Å². The normalized spacial score (nSPS) is 19.5. The fourth-order valence-corrected chi connectivity index (χ4v) is 3.07. The Balaban J connectivity index is 1.89. The Hall–Kier alpha value is -1.15. The minimum Gasteiger partial charge on any atom is -0.381 e. The molecule has 6 nitrogen and oxygen atoms in total. The van der Waals surface area contributed by atoms with E-state index in [0.29, 0.717) is 18.2 Å². The lowest BCUT2D eigenvalue weighted by Gasteiger charge is -2.10. The second-order valence-corrected chi connectivity index (χ2v) is 6.35. The molecule has 1 aliphatic rings. The molecule has 4 N–H and O–H groups in total. The molecule has 0 aliphatic carbocycles. The molecule has 0 saturated carbocycles. The van der Waals surface area contributed by atoms with Gasteiger partial charge in [0, 0.05) is 25.4 Å². The van der Waals surface area contributed by atoms with Crippen LogP contribution < -0.4 is 16.0 Å². The molecule has 0 amide bonds. The van der Waals surface area contributed by atoms with Crippen molar-refractivity contribution in [1.82, 2.24) is 4.72 Å². The highest BCUT2D eigenvalue weighted by atomic mass is 32.2. The molecule has 2 rings (SSSR count). The highest BCUT2D eigenvalue weighted by Crippen LogP contribution is 2.16. The molecule has 1 heterocycles. The molecule has 0 radical (unpaired) electrons. The number of ether oxygens (including phenoxy) is 1. The van der Waals surface area contributed by atoms with Crippen LogP contribution in [0.2, 0.25) is 0 Å². The molecule has 106 valence electrons. The standard InChI is InChI=1S/C12H19N3O3S/c13-15-11-1-3-12(4-2-11)19(16,17)14-7-5-10-6-8-18-9-10/h1-4,10,14-15H,5-9,13H2. The van der Waals surface area contributed by atoms with Crippen LogP contribution in [-0.2, 0) is 14.8 Å². The van der Waals surface area contributed by atoms with Crippen molar-refractivity contribution in [2.24, 2.45) is 11.8 Å². The summed E-state index contributed by atoms with van der Waals surface area (Å²) in [5, 5.41) is 0. The van der Waals surface area contributed by atoms with E-state index in [9.17, 15) is 8.42 Å². The van der Waals surface area contributed by atoms with Gasteiger partial charge in [0.1, 0.15) is 0 Å². The maximum absolute atomic E-state index is 12.0. The van der Waals surface area contributed by atoms with Crippen molar-refractivity contribution in [2.45, 2.75) is 17.7 Å². The van der Waals surface area contributed by atoms with E-state index >= 15 is 0 Å². The van der Waals surface area contributed by atoms with Gasteiger partial charge in [-0.3, -0.25) is 5.84 Å². The average molecular weight is 285 g/mol. The van der Waals surface area contributed by atoms with Crippen molar-refractivity contribution in [3.05, 3.63) is 24.3 Å². The van der Waals surface area contributed by atoms with E-state index in [0.717, 1.165) is 26.1 Å². The van der Waals surface area contributed by atoms with Gasteiger partial charge < -0.3 is 10.2 Å². The van der Waals surface area contributed by atoms with Crippen LogP contribution in [0.3, 0.4) is 0 Å². The fraction of sp³-hybridized carbons (Fsp3) is 0.500. The van der Waals surface area contributed by atoms with Gasteiger partial charge in [-0.2, -0.15) is 0 Å². The molecule has 7 heteroatoms. The maximum Gasteiger partial charge on any atom is 0.240 e. The van der Waals surface area contributed by atoms with E-state index in [1.807, 2.05) is 0 Å². The van der Waals surface area contributed by atoms with E-state index in [4.69, 9.17) is 10.6 Å². The Labute approximate surface area is 113 Å². The molecule has 0 aromatic heterocycles. The van der Waals surface area contributed by atoms with Gasteiger partial charge in [-0.25, -0.2) is 13.1 Å². The smallest absolute Gasteiger partial charge is 0.240 e. The number of nitrogens with two attached hydrogens (primary N) is 1. The van der Waals surface area contributed by atoms with Crippen LogP contribution in [0.5, 0.6) is 0 Å². The number of rotatable bonds is 6. The molecule has 1 aliphatic heterocycles. The maximum atomic E-state index is 12.0. The summed E-state index contributed by atoms with van der Waals surface area (Å²) in [4.78, 5) is 0.245. The largest absolute Gasteiger partial charge is 0.381 e. The second-order valence-electron chi connectivity index (χ2n) is 4.58. The van der Waals surface area contributed by atoms with Crippen LogP contribution in [0.15, 0.2) is 29.2 Å². The number of hydrazine groups is 1. The van der Waals surface area contributed by atoms with Gasteiger partial charge >= 0.3 is 0 Å². The van der Waals surface area contributed by atoms with Gasteiger partial charge in [0.2, 0.25) is 10.0 Å². The van der Waals surface area contributed by atoms with Crippen molar-refractivity contribution in [1.29, 1.82) is 0 Å². The molecule has 0 bridgehead atoms. The van der Waals surface area contributed by atoms with E-state index < -0.39 is 10.0 Å². The Kier molecular flexibility index (Phi) is 4.76. The van der Waals surface area contributed by atoms with Crippen molar-refractivity contribution in [2.75, 3.05) is 25.2 Å². The lowest BCUT2D eigenvalue weighted by Crippen LogP contribution is -2.26. The van der Waals surface area contributed by atoms with Crippen LogP contribution in [-0.4, -0.2) is 28.2 Å². The van der Waals surface area contributed by atoms with Gasteiger partial charge in [0.15, 0.2) is 0 Å². The number of anilines is 1. The van der Waals surface area contributed by atoms with Gasteiger partial charge in [0.05, 0.1) is 4.90 Å². The fourth-order valence-electron chi connectivity index (χ4n) is 2.02. The third kappa shape index (κ3) is 3.90. The average Bonchev–Trinajstić information content (AvgIpc) is 2.92. The molecule has 1 unspecified atom stereocenters. The summed E-state index contributed by atoms with van der Waals surface area (Å²) in [5.74, 6) is 5.70. The summed E-state index contributed by atoms with van der Waals surface area (Å²) < 4.78 is 31.9. The Morgan fingerprint density at radius 2 is 2.05 bits per heavy atom. The number of hydrogen-bond donors (Lipinski definition) is 3. The van der Waals surface area contributed by atoms with Gasteiger partial charge in [0.25, 0.3) is 0 Å². The Bertz CT molecular complexity index is 495. The topological polar surface area (TPSA) is 93.5 Å². The Morgan fingerprint density at radius 1 is 1.32 bits per heavy atom.